The zero-order valence-electron chi connectivity index (χ0n) is 12.2. The number of nitrogens with zero attached hydrogens (tertiary/aromatic N) is 2. The molecule has 1 amide bonds. The van der Waals surface area contributed by atoms with Crippen LogP contribution in [0.25, 0.3) is 11.5 Å². The SMILES string of the molecule is O=C(Nc1nnc(-c2ccc(Br)cc2)o1)c1ccc2c(c1)OCO2. The number of hydrogen-bond acceptors (Lipinski definition) is 6. The lowest BCUT2D eigenvalue weighted by Crippen LogP contribution is -2.12. The van der Waals surface area contributed by atoms with Crippen LogP contribution in [0.1, 0.15) is 10.4 Å². The molecule has 0 saturated carbocycles. The van der Waals surface area contributed by atoms with Crippen molar-refractivity contribution in [3.63, 3.8) is 0 Å². The normalized spacial score (nSPS) is 12.2. The molecule has 2 aromatic carbocycles. The molecule has 0 saturated heterocycles. The Hall–Kier alpha value is -2.87. The molecule has 0 aliphatic carbocycles. The summed E-state index contributed by atoms with van der Waals surface area (Å²) >= 11 is 3.36. The van der Waals surface area contributed by atoms with Crippen molar-refractivity contribution in [2.24, 2.45) is 0 Å². The van der Waals surface area contributed by atoms with Crippen molar-refractivity contribution < 1.29 is 18.7 Å². The predicted molar refractivity (Wildman–Crippen MR) is 88.0 cm³/mol. The number of rotatable bonds is 3. The first kappa shape index (κ1) is 14.7. The Morgan fingerprint density at radius 1 is 1.04 bits per heavy atom. The minimum atomic E-state index is -0.376. The van der Waals surface area contributed by atoms with Crippen LogP contribution < -0.4 is 14.8 Å². The van der Waals surface area contributed by atoms with Crippen molar-refractivity contribution in [3.8, 4) is 23.0 Å². The van der Waals surface area contributed by atoms with E-state index in [1.165, 1.54) is 0 Å². The average molecular weight is 388 g/mol. The minimum Gasteiger partial charge on any atom is -0.454 e. The van der Waals surface area contributed by atoms with Crippen molar-refractivity contribution in [3.05, 3.63) is 52.5 Å². The molecule has 7 nitrogen and oxygen atoms in total. The second kappa shape index (κ2) is 5.97. The molecule has 24 heavy (non-hydrogen) atoms. The number of carbonyl (C=O) groups excluding carboxylic acids is 1. The number of hydrogen-bond donors (Lipinski definition) is 1. The molecule has 1 N–H and O–H groups in total. The summed E-state index contributed by atoms with van der Waals surface area (Å²) in [7, 11) is 0. The van der Waals surface area contributed by atoms with E-state index in [0.29, 0.717) is 23.0 Å². The van der Waals surface area contributed by atoms with Crippen LogP contribution in [0.5, 0.6) is 11.5 Å². The molecule has 0 radical (unpaired) electrons. The van der Waals surface area contributed by atoms with Crippen LogP contribution in [0.2, 0.25) is 0 Å². The highest BCUT2D eigenvalue weighted by Gasteiger charge is 2.18. The van der Waals surface area contributed by atoms with E-state index in [0.717, 1.165) is 10.0 Å². The van der Waals surface area contributed by atoms with E-state index in [-0.39, 0.29) is 18.7 Å². The first-order valence-electron chi connectivity index (χ1n) is 6.99. The molecule has 2 heterocycles. The first-order valence-corrected chi connectivity index (χ1v) is 7.79. The van der Waals surface area contributed by atoms with Crippen molar-refractivity contribution >= 4 is 27.9 Å². The molecule has 0 fully saturated rings. The summed E-state index contributed by atoms with van der Waals surface area (Å²) in [5, 5.41) is 10.3. The molecule has 1 aliphatic rings. The topological polar surface area (TPSA) is 86.5 Å². The maximum atomic E-state index is 12.3. The molecule has 0 spiro atoms. The van der Waals surface area contributed by atoms with Gasteiger partial charge in [0.05, 0.1) is 0 Å². The lowest BCUT2D eigenvalue weighted by molar-refractivity contribution is 0.102. The van der Waals surface area contributed by atoms with Crippen LogP contribution in [-0.2, 0) is 0 Å². The average Bonchev–Trinajstić information content (AvgIpc) is 3.24. The maximum Gasteiger partial charge on any atom is 0.322 e. The monoisotopic (exact) mass is 387 g/mol. The van der Waals surface area contributed by atoms with E-state index in [2.05, 4.69) is 31.4 Å². The van der Waals surface area contributed by atoms with Crippen LogP contribution in [0.15, 0.2) is 51.4 Å². The Labute approximate surface area is 144 Å². The van der Waals surface area contributed by atoms with Gasteiger partial charge in [0, 0.05) is 15.6 Å². The van der Waals surface area contributed by atoms with Gasteiger partial charge >= 0.3 is 6.01 Å². The summed E-state index contributed by atoms with van der Waals surface area (Å²) in [4.78, 5) is 12.3. The lowest BCUT2D eigenvalue weighted by Gasteiger charge is -2.02. The van der Waals surface area contributed by atoms with Crippen molar-refractivity contribution in [2.45, 2.75) is 0 Å². The Bertz CT molecular complexity index is 908. The number of ether oxygens (including phenoxy) is 2. The van der Waals surface area contributed by atoms with Gasteiger partial charge in [0.2, 0.25) is 12.7 Å². The Balaban J connectivity index is 1.51. The summed E-state index contributed by atoms with van der Waals surface area (Å²) in [6, 6.07) is 12.3. The summed E-state index contributed by atoms with van der Waals surface area (Å²) in [6.07, 6.45) is 0. The fraction of sp³-hybridized carbons (Fsp3) is 0.0625. The van der Waals surface area contributed by atoms with Gasteiger partial charge in [-0.25, -0.2) is 0 Å². The molecule has 3 aromatic rings. The predicted octanol–water partition coefficient (Wildman–Crippen LogP) is 3.48. The highest BCUT2D eigenvalue weighted by Crippen LogP contribution is 2.32. The van der Waals surface area contributed by atoms with Crippen LogP contribution in [0.3, 0.4) is 0 Å². The van der Waals surface area contributed by atoms with Gasteiger partial charge in [0.15, 0.2) is 11.5 Å². The van der Waals surface area contributed by atoms with Gasteiger partial charge in [-0.05, 0) is 42.5 Å². The van der Waals surface area contributed by atoms with Crippen LogP contribution in [0, 0.1) is 0 Å². The van der Waals surface area contributed by atoms with Crippen molar-refractivity contribution in [1.82, 2.24) is 10.2 Å². The summed E-state index contributed by atoms with van der Waals surface area (Å²) < 4.78 is 16.9. The second-order valence-corrected chi connectivity index (χ2v) is 5.86. The third kappa shape index (κ3) is 2.83. The Kier molecular flexibility index (Phi) is 3.66. The fourth-order valence-electron chi connectivity index (χ4n) is 2.19. The molecule has 0 atom stereocenters. The first-order chi connectivity index (χ1) is 11.7. The summed E-state index contributed by atoms with van der Waals surface area (Å²) in [5.74, 6) is 1.09. The Morgan fingerprint density at radius 2 is 1.83 bits per heavy atom. The smallest absolute Gasteiger partial charge is 0.322 e. The van der Waals surface area contributed by atoms with Gasteiger partial charge in [0.1, 0.15) is 0 Å². The van der Waals surface area contributed by atoms with Gasteiger partial charge in [-0.1, -0.05) is 21.0 Å². The number of fused-ring (bicyclic) bond motifs is 1. The number of nitrogens with one attached hydrogen (secondary N) is 1. The second-order valence-electron chi connectivity index (χ2n) is 4.94. The third-order valence-electron chi connectivity index (χ3n) is 3.37. The van der Waals surface area contributed by atoms with E-state index in [1.54, 1.807) is 18.2 Å². The third-order valence-corrected chi connectivity index (χ3v) is 3.90. The molecule has 1 aromatic heterocycles. The number of halogens is 1. The van der Waals surface area contributed by atoms with Gasteiger partial charge in [0.25, 0.3) is 5.91 Å². The molecule has 4 rings (SSSR count). The molecule has 0 bridgehead atoms. The van der Waals surface area contributed by atoms with E-state index in [9.17, 15) is 4.79 Å². The summed E-state index contributed by atoms with van der Waals surface area (Å²) in [5.41, 5.74) is 1.16. The van der Waals surface area contributed by atoms with Crippen LogP contribution in [0.4, 0.5) is 6.01 Å². The number of anilines is 1. The standard InChI is InChI=1S/C16H10BrN3O4/c17-11-4-1-9(2-5-11)15-19-20-16(24-15)18-14(21)10-3-6-12-13(7-10)23-8-22-12/h1-7H,8H2,(H,18,20,21). The van der Waals surface area contributed by atoms with E-state index in [4.69, 9.17) is 13.9 Å². The zero-order chi connectivity index (χ0) is 16.5. The molecule has 1 aliphatic heterocycles. The van der Waals surface area contributed by atoms with E-state index < -0.39 is 0 Å². The largest absolute Gasteiger partial charge is 0.454 e. The zero-order valence-corrected chi connectivity index (χ0v) is 13.7. The highest BCUT2D eigenvalue weighted by atomic mass is 79.9. The number of benzene rings is 2. The van der Waals surface area contributed by atoms with Crippen molar-refractivity contribution in [2.75, 3.05) is 12.1 Å². The molecule has 0 unspecified atom stereocenters. The molecule has 120 valence electrons. The fourth-order valence-corrected chi connectivity index (χ4v) is 2.45. The quantitative estimate of drug-likeness (QED) is 0.740. The van der Waals surface area contributed by atoms with Crippen LogP contribution in [-0.4, -0.2) is 22.9 Å². The van der Waals surface area contributed by atoms with Gasteiger partial charge in [-0.3, -0.25) is 10.1 Å². The highest BCUT2D eigenvalue weighted by molar-refractivity contribution is 9.10. The molecule has 8 heteroatoms. The molecular weight excluding hydrogens is 378 g/mol. The number of carbonyl (C=O) groups is 1. The van der Waals surface area contributed by atoms with Crippen LogP contribution >= 0.6 is 15.9 Å². The summed E-state index contributed by atoms with van der Waals surface area (Å²) in [6.45, 7) is 0.153. The molecular formula is C16H10BrN3O4. The van der Waals surface area contributed by atoms with Gasteiger partial charge < -0.3 is 13.9 Å². The maximum absolute atomic E-state index is 12.3. The number of amides is 1. The number of aromatic nitrogens is 2. The van der Waals surface area contributed by atoms with Crippen molar-refractivity contribution in [1.29, 1.82) is 0 Å². The van der Waals surface area contributed by atoms with E-state index in [1.807, 2.05) is 24.3 Å². The lowest BCUT2D eigenvalue weighted by atomic mass is 10.2. The van der Waals surface area contributed by atoms with E-state index >= 15 is 0 Å². The van der Waals surface area contributed by atoms with Gasteiger partial charge in [-0.15, -0.1) is 5.10 Å². The van der Waals surface area contributed by atoms with Gasteiger partial charge in [-0.2, -0.15) is 0 Å². The Morgan fingerprint density at radius 3 is 2.67 bits per heavy atom. The minimum absolute atomic E-state index is 0.0237.